The third-order valence-electron chi connectivity index (χ3n) is 1.60. The summed E-state index contributed by atoms with van der Waals surface area (Å²) >= 11 is 1.53. The molecule has 0 aromatic carbocycles. The molecule has 1 N–H and O–H groups in total. The first-order valence-electron chi connectivity index (χ1n) is 4.05. The molecule has 0 aliphatic carbocycles. The second kappa shape index (κ2) is 3.49. The van der Waals surface area contributed by atoms with Crippen molar-refractivity contribution in [1.82, 2.24) is 4.98 Å². The lowest BCUT2D eigenvalue weighted by Crippen LogP contribution is -2.10. The van der Waals surface area contributed by atoms with Crippen molar-refractivity contribution in [2.45, 2.75) is 32.3 Å². The van der Waals surface area contributed by atoms with Crippen LogP contribution in [0.5, 0.6) is 0 Å². The number of aromatic nitrogens is 1. The maximum atomic E-state index is 9.32. The van der Waals surface area contributed by atoms with E-state index in [9.17, 15) is 5.11 Å². The lowest BCUT2D eigenvalue weighted by molar-refractivity contribution is 0.234. The zero-order valence-corrected chi connectivity index (χ0v) is 8.85. The summed E-state index contributed by atoms with van der Waals surface area (Å²) < 4.78 is 0. The third kappa shape index (κ3) is 2.30. The van der Waals surface area contributed by atoms with Gasteiger partial charge in [-0.25, -0.2) is 4.98 Å². The van der Waals surface area contributed by atoms with Gasteiger partial charge in [0, 0.05) is 10.8 Å². The fourth-order valence-electron chi connectivity index (χ4n) is 0.842. The van der Waals surface area contributed by atoms with Crippen LogP contribution in [0, 0.1) is 12.3 Å². The van der Waals surface area contributed by atoms with E-state index in [0.29, 0.717) is 5.69 Å². The second-order valence-corrected chi connectivity index (χ2v) is 4.75. The van der Waals surface area contributed by atoms with Crippen LogP contribution >= 0.6 is 11.3 Å². The van der Waals surface area contributed by atoms with Crippen molar-refractivity contribution in [3.05, 3.63) is 16.1 Å². The Balaban J connectivity index is 2.95. The van der Waals surface area contributed by atoms with Gasteiger partial charge in [-0.05, 0) is 0 Å². The van der Waals surface area contributed by atoms with Gasteiger partial charge in [0.05, 0.1) is 10.7 Å². The minimum Gasteiger partial charge on any atom is -0.374 e. The van der Waals surface area contributed by atoms with Crippen LogP contribution in [0.2, 0.25) is 0 Å². The molecule has 0 spiro atoms. The maximum absolute atomic E-state index is 9.32. The van der Waals surface area contributed by atoms with Crippen molar-refractivity contribution < 1.29 is 5.11 Å². The molecule has 1 atom stereocenters. The molecule has 0 fully saturated rings. The average molecular weight is 195 g/mol. The SMILES string of the molecule is C#CC(O)c1csc(C(C)(C)C)n1. The predicted molar refractivity (Wildman–Crippen MR) is 54.6 cm³/mol. The molecule has 0 aliphatic heterocycles. The van der Waals surface area contributed by atoms with Crippen LogP contribution in [0.25, 0.3) is 0 Å². The van der Waals surface area contributed by atoms with E-state index in [-0.39, 0.29) is 5.41 Å². The Morgan fingerprint density at radius 1 is 1.62 bits per heavy atom. The van der Waals surface area contributed by atoms with Crippen LogP contribution in [0.4, 0.5) is 0 Å². The van der Waals surface area contributed by atoms with Gasteiger partial charge in [0.1, 0.15) is 0 Å². The number of hydrogen-bond donors (Lipinski definition) is 1. The van der Waals surface area contributed by atoms with Gasteiger partial charge in [0.15, 0.2) is 6.10 Å². The Hall–Kier alpha value is -0.850. The maximum Gasteiger partial charge on any atom is 0.157 e. The number of aliphatic hydroxyl groups is 1. The van der Waals surface area contributed by atoms with Crippen molar-refractivity contribution in [3.8, 4) is 12.3 Å². The third-order valence-corrected chi connectivity index (χ3v) is 2.89. The molecule has 1 aromatic heterocycles. The number of nitrogens with zero attached hydrogens (tertiary/aromatic N) is 1. The van der Waals surface area contributed by atoms with E-state index in [2.05, 4.69) is 31.7 Å². The summed E-state index contributed by atoms with van der Waals surface area (Å²) in [4.78, 5) is 4.28. The monoisotopic (exact) mass is 195 g/mol. The molecule has 2 nitrogen and oxygen atoms in total. The van der Waals surface area contributed by atoms with Crippen molar-refractivity contribution in [2.75, 3.05) is 0 Å². The van der Waals surface area contributed by atoms with Gasteiger partial charge in [-0.3, -0.25) is 0 Å². The van der Waals surface area contributed by atoms with E-state index < -0.39 is 6.10 Å². The summed E-state index contributed by atoms with van der Waals surface area (Å²) in [6.07, 6.45) is 4.22. The molecule has 3 heteroatoms. The Morgan fingerprint density at radius 2 is 2.23 bits per heavy atom. The van der Waals surface area contributed by atoms with Gasteiger partial charge >= 0.3 is 0 Å². The molecule has 0 amide bonds. The first-order chi connectivity index (χ1) is 5.95. The van der Waals surface area contributed by atoms with Crippen molar-refractivity contribution >= 4 is 11.3 Å². The summed E-state index contributed by atoms with van der Waals surface area (Å²) in [5.74, 6) is 2.25. The zero-order valence-electron chi connectivity index (χ0n) is 8.03. The molecule has 0 saturated carbocycles. The van der Waals surface area contributed by atoms with Gasteiger partial charge < -0.3 is 5.11 Å². The quantitative estimate of drug-likeness (QED) is 0.696. The molecule has 0 bridgehead atoms. The molecular weight excluding hydrogens is 182 g/mol. The molecule has 1 rings (SSSR count). The van der Waals surface area contributed by atoms with Gasteiger partial charge in [-0.15, -0.1) is 17.8 Å². The lowest BCUT2D eigenvalue weighted by atomic mass is 9.98. The summed E-state index contributed by atoms with van der Waals surface area (Å²) in [6.45, 7) is 6.24. The predicted octanol–water partition coefficient (Wildman–Crippen LogP) is 2.11. The van der Waals surface area contributed by atoms with Crippen LogP contribution in [0.3, 0.4) is 0 Å². The van der Waals surface area contributed by atoms with Gasteiger partial charge in [0.25, 0.3) is 0 Å². The molecular formula is C10H13NOS. The van der Waals surface area contributed by atoms with E-state index in [1.807, 2.05) is 5.38 Å². The van der Waals surface area contributed by atoms with Crippen LogP contribution in [0.1, 0.15) is 37.6 Å². The molecule has 0 aliphatic rings. The first kappa shape index (κ1) is 10.2. The van der Waals surface area contributed by atoms with E-state index >= 15 is 0 Å². The van der Waals surface area contributed by atoms with Crippen molar-refractivity contribution in [3.63, 3.8) is 0 Å². The summed E-state index contributed by atoms with van der Waals surface area (Å²) in [5, 5.41) is 12.1. The van der Waals surface area contributed by atoms with Gasteiger partial charge in [0.2, 0.25) is 0 Å². The summed E-state index contributed by atoms with van der Waals surface area (Å²) in [6, 6.07) is 0. The zero-order chi connectivity index (χ0) is 10.1. The smallest absolute Gasteiger partial charge is 0.157 e. The van der Waals surface area contributed by atoms with Crippen LogP contribution in [-0.2, 0) is 5.41 Å². The molecule has 1 aromatic rings. The fourth-order valence-corrected chi connectivity index (χ4v) is 1.77. The fraction of sp³-hybridized carbons (Fsp3) is 0.500. The highest BCUT2D eigenvalue weighted by atomic mass is 32.1. The Morgan fingerprint density at radius 3 is 2.62 bits per heavy atom. The van der Waals surface area contributed by atoms with Gasteiger partial charge in [-0.1, -0.05) is 26.7 Å². The topological polar surface area (TPSA) is 33.1 Å². The van der Waals surface area contributed by atoms with Crippen LogP contribution in [0.15, 0.2) is 5.38 Å². The van der Waals surface area contributed by atoms with Gasteiger partial charge in [-0.2, -0.15) is 0 Å². The average Bonchev–Trinajstić information content (AvgIpc) is 2.50. The number of aliphatic hydroxyl groups excluding tert-OH is 1. The summed E-state index contributed by atoms with van der Waals surface area (Å²) in [5.41, 5.74) is 0.606. The normalized spacial score (nSPS) is 13.8. The number of thiazole rings is 1. The minimum atomic E-state index is -0.868. The molecule has 70 valence electrons. The second-order valence-electron chi connectivity index (χ2n) is 3.90. The van der Waals surface area contributed by atoms with E-state index in [1.165, 1.54) is 11.3 Å². The van der Waals surface area contributed by atoms with Crippen molar-refractivity contribution in [2.24, 2.45) is 0 Å². The van der Waals surface area contributed by atoms with Crippen LogP contribution in [-0.4, -0.2) is 10.1 Å². The molecule has 0 saturated heterocycles. The highest BCUT2D eigenvalue weighted by molar-refractivity contribution is 7.09. The molecule has 1 heterocycles. The van der Waals surface area contributed by atoms with E-state index in [0.717, 1.165) is 5.01 Å². The summed E-state index contributed by atoms with van der Waals surface area (Å²) in [7, 11) is 0. The van der Waals surface area contributed by atoms with Crippen molar-refractivity contribution in [1.29, 1.82) is 0 Å². The number of hydrogen-bond acceptors (Lipinski definition) is 3. The highest BCUT2D eigenvalue weighted by Crippen LogP contribution is 2.27. The van der Waals surface area contributed by atoms with E-state index in [1.54, 1.807) is 0 Å². The highest BCUT2D eigenvalue weighted by Gasteiger charge is 2.19. The first-order valence-corrected chi connectivity index (χ1v) is 4.93. The number of terminal acetylenes is 1. The standard InChI is InChI=1S/C10H13NOS/c1-5-8(12)7-6-13-9(11-7)10(2,3)4/h1,6,8,12H,2-4H3. The Bertz CT molecular complexity index is 329. The molecule has 0 radical (unpaired) electrons. The molecule has 13 heavy (non-hydrogen) atoms. The lowest BCUT2D eigenvalue weighted by Gasteiger charge is -2.13. The van der Waals surface area contributed by atoms with E-state index in [4.69, 9.17) is 6.42 Å². The van der Waals surface area contributed by atoms with Crippen LogP contribution < -0.4 is 0 Å². The number of rotatable bonds is 1. The Kier molecular flexibility index (Phi) is 2.74. The molecule has 1 unspecified atom stereocenters. The largest absolute Gasteiger partial charge is 0.374 e. The Labute approximate surface area is 82.6 Å². The minimum absolute atomic E-state index is 0.0250.